The van der Waals surface area contributed by atoms with Crippen molar-refractivity contribution in [3.63, 3.8) is 0 Å². The number of carbonyl (C=O) groups is 2. The summed E-state index contributed by atoms with van der Waals surface area (Å²) in [5, 5.41) is 5.81. The van der Waals surface area contributed by atoms with E-state index in [2.05, 4.69) is 17.2 Å². The number of hydrogen-bond donors (Lipinski definition) is 2. The molecule has 0 aromatic heterocycles. The zero-order valence-electron chi connectivity index (χ0n) is 14.6. The predicted molar refractivity (Wildman–Crippen MR) is 100 cm³/mol. The zero-order valence-corrected chi connectivity index (χ0v) is 14.6. The van der Waals surface area contributed by atoms with Crippen LogP contribution in [-0.4, -0.2) is 31.1 Å². The van der Waals surface area contributed by atoms with E-state index in [1.165, 1.54) is 6.92 Å². The average Bonchev–Trinajstić information content (AvgIpc) is 2.66. The van der Waals surface area contributed by atoms with Crippen LogP contribution in [0.3, 0.4) is 0 Å². The van der Waals surface area contributed by atoms with Gasteiger partial charge in [-0.15, -0.1) is 6.58 Å². The monoisotopic (exact) mass is 354 g/mol. The Bertz CT molecular complexity index is 729. The lowest BCUT2D eigenvalue weighted by Crippen LogP contribution is -2.36. The molecule has 0 saturated carbocycles. The van der Waals surface area contributed by atoms with Crippen LogP contribution in [0.15, 0.2) is 67.3 Å². The van der Waals surface area contributed by atoms with Crippen LogP contribution in [0.1, 0.15) is 6.92 Å². The second-order valence-corrected chi connectivity index (χ2v) is 5.47. The molecular weight excluding hydrogens is 332 g/mol. The van der Waals surface area contributed by atoms with E-state index < -0.39 is 12.1 Å². The third kappa shape index (κ3) is 6.32. The summed E-state index contributed by atoms with van der Waals surface area (Å²) >= 11 is 0. The molecule has 0 fully saturated rings. The van der Waals surface area contributed by atoms with E-state index in [9.17, 15) is 9.59 Å². The molecule has 6 nitrogen and oxygen atoms in total. The number of benzene rings is 2. The molecule has 1 atom stereocenters. The Hall–Kier alpha value is -3.28. The molecule has 0 heterocycles. The predicted octanol–water partition coefficient (Wildman–Crippen LogP) is 3.04. The maximum atomic E-state index is 11.8. The number of nitrogens with one attached hydrogen (secondary N) is 2. The number of amides is 1. The Balaban J connectivity index is 1.77. The number of hydrogen-bond acceptors (Lipinski definition) is 5. The first-order valence-electron chi connectivity index (χ1n) is 8.21. The first-order chi connectivity index (χ1) is 12.6. The van der Waals surface area contributed by atoms with Crippen LogP contribution in [-0.2, 0) is 14.3 Å². The number of carbonyl (C=O) groups excluding carboxylic acids is 2. The van der Waals surface area contributed by atoms with Crippen LogP contribution in [0.4, 0.5) is 11.4 Å². The van der Waals surface area contributed by atoms with Gasteiger partial charge in [-0.05, 0) is 43.3 Å². The van der Waals surface area contributed by atoms with Crippen molar-refractivity contribution in [2.75, 3.05) is 18.5 Å². The van der Waals surface area contributed by atoms with Gasteiger partial charge in [0.25, 0.3) is 5.91 Å². The molecule has 0 aliphatic heterocycles. The average molecular weight is 354 g/mol. The Morgan fingerprint density at radius 1 is 1.08 bits per heavy atom. The first kappa shape index (κ1) is 19.1. The van der Waals surface area contributed by atoms with Gasteiger partial charge in [-0.3, -0.25) is 4.79 Å². The zero-order chi connectivity index (χ0) is 18.8. The van der Waals surface area contributed by atoms with Crippen molar-refractivity contribution in [2.24, 2.45) is 0 Å². The van der Waals surface area contributed by atoms with Crippen molar-refractivity contribution in [3.05, 3.63) is 67.3 Å². The van der Waals surface area contributed by atoms with E-state index in [0.29, 0.717) is 12.3 Å². The molecule has 0 aliphatic rings. The van der Waals surface area contributed by atoms with Crippen LogP contribution >= 0.6 is 0 Å². The van der Waals surface area contributed by atoms with Crippen molar-refractivity contribution < 1.29 is 19.1 Å². The molecule has 2 N–H and O–H groups in total. The van der Waals surface area contributed by atoms with Gasteiger partial charge in [-0.25, -0.2) is 4.79 Å². The van der Waals surface area contributed by atoms with E-state index in [1.807, 2.05) is 42.5 Å². The summed E-state index contributed by atoms with van der Waals surface area (Å²) < 4.78 is 10.4. The van der Waals surface area contributed by atoms with Crippen LogP contribution in [0.5, 0.6) is 5.75 Å². The van der Waals surface area contributed by atoms with Gasteiger partial charge in [-0.1, -0.05) is 24.3 Å². The SMILES string of the molecule is C=CCNC(=O)[C@H](C)OC(=O)COc1ccc(Nc2ccccc2)cc1. The highest BCUT2D eigenvalue weighted by Gasteiger charge is 2.17. The lowest BCUT2D eigenvalue weighted by molar-refractivity contribution is -0.156. The van der Waals surface area contributed by atoms with Gasteiger partial charge in [0.05, 0.1) is 0 Å². The number of anilines is 2. The summed E-state index contributed by atoms with van der Waals surface area (Å²) in [4.78, 5) is 23.4. The Morgan fingerprint density at radius 2 is 1.73 bits per heavy atom. The van der Waals surface area contributed by atoms with Crippen molar-refractivity contribution >= 4 is 23.3 Å². The van der Waals surface area contributed by atoms with Crippen LogP contribution in [0.2, 0.25) is 0 Å². The fourth-order valence-corrected chi connectivity index (χ4v) is 2.07. The molecule has 2 aromatic carbocycles. The molecule has 26 heavy (non-hydrogen) atoms. The Labute approximate surface area is 152 Å². The molecule has 0 aliphatic carbocycles. The van der Waals surface area contributed by atoms with Crippen molar-refractivity contribution in [1.29, 1.82) is 0 Å². The molecule has 6 heteroatoms. The van der Waals surface area contributed by atoms with Gasteiger partial charge in [-0.2, -0.15) is 0 Å². The second-order valence-electron chi connectivity index (χ2n) is 5.47. The molecule has 0 saturated heterocycles. The van der Waals surface area contributed by atoms with E-state index in [4.69, 9.17) is 9.47 Å². The molecule has 2 aromatic rings. The third-order valence-corrected chi connectivity index (χ3v) is 3.37. The van der Waals surface area contributed by atoms with Crippen molar-refractivity contribution in [1.82, 2.24) is 5.32 Å². The minimum atomic E-state index is -0.886. The molecule has 2 rings (SSSR count). The minimum absolute atomic E-state index is 0.273. The summed E-state index contributed by atoms with van der Waals surface area (Å²) in [5.74, 6) is -0.461. The third-order valence-electron chi connectivity index (χ3n) is 3.37. The van der Waals surface area contributed by atoms with Gasteiger partial charge >= 0.3 is 5.97 Å². The van der Waals surface area contributed by atoms with E-state index in [1.54, 1.807) is 18.2 Å². The summed E-state index contributed by atoms with van der Waals surface area (Å²) in [6.45, 7) is 5.05. The highest BCUT2D eigenvalue weighted by molar-refractivity contribution is 5.83. The van der Waals surface area contributed by atoms with Gasteiger partial charge < -0.3 is 20.1 Å². The van der Waals surface area contributed by atoms with Crippen LogP contribution in [0.25, 0.3) is 0 Å². The molecule has 1 amide bonds. The Kier molecular flexibility index (Phi) is 7.24. The molecule has 0 unspecified atom stereocenters. The fourth-order valence-electron chi connectivity index (χ4n) is 2.07. The topological polar surface area (TPSA) is 76.7 Å². The van der Waals surface area contributed by atoms with Gasteiger partial charge in [0.2, 0.25) is 0 Å². The quantitative estimate of drug-likeness (QED) is 0.535. The Morgan fingerprint density at radius 3 is 2.38 bits per heavy atom. The largest absolute Gasteiger partial charge is 0.482 e. The number of rotatable bonds is 9. The van der Waals surface area contributed by atoms with E-state index >= 15 is 0 Å². The standard InChI is InChI=1S/C20H22N2O4/c1-3-13-21-20(24)15(2)26-19(23)14-25-18-11-9-17(10-12-18)22-16-7-5-4-6-8-16/h3-12,15,22H,1,13-14H2,2H3,(H,21,24)/t15-/m0/s1. The van der Waals surface area contributed by atoms with Gasteiger partial charge in [0, 0.05) is 17.9 Å². The molecule has 136 valence electrons. The normalized spacial score (nSPS) is 11.1. The molecule has 0 spiro atoms. The van der Waals surface area contributed by atoms with Gasteiger partial charge in [0.15, 0.2) is 12.7 Å². The smallest absolute Gasteiger partial charge is 0.344 e. The number of ether oxygens (including phenoxy) is 2. The van der Waals surface area contributed by atoms with Gasteiger partial charge in [0.1, 0.15) is 5.75 Å². The number of para-hydroxylation sites is 1. The van der Waals surface area contributed by atoms with Crippen LogP contribution in [0, 0.1) is 0 Å². The maximum absolute atomic E-state index is 11.8. The number of esters is 1. The molecule has 0 bridgehead atoms. The van der Waals surface area contributed by atoms with E-state index in [-0.39, 0.29) is 12.5 Å². The lowest BCUT2D eigenvalue weighted by atomic mass is 10.2. The van der Waals surface area contributed by atoms with Crippen molar-refractivity contribution in [2.45, 2.75) is 13.0 Å². The highest BCUT2D eigenvalue weighted by Crippen LogP contribution is 2.19. The highest BCUT2D eigenvalue weighted by atomic mass is 16.6. The lowest BCUT2D eigenvalue weighted by Gasteiger charge is -2.13. The summed E-state index contributed by atoms with van der Waals surface area (Å²) in [6.07, 6.45) is 0.662. The summed E-state index contributed by atoms with van der Waals surface area (Å²) in [5.41, 5.74) is 1.88. The maximum Gasteiger partial charge on any atom is 0.344 e. The molecule has 0 radical (unpaired) electrons. The fraction of sp³-hybridized carbons (Fsp3) is 0.200. The van der Waals surface area contributed by atoms with Crippen LogP contribution < -0.4 is 15.4 Å². The summed E-state index contributed by atoms with van der Waals surface area (Å²) in [7, 11) is 0. The first-order valence-corrected chi connectivity index (χ1v) is 8.21. The minimum Gasteiger partial charge on any atom is -0.482 e. The van der Waals surface area contributed by atoms with Crippen molar-refractivity contribution in [3.8, 4) is 5.75 Å². The molecular formula is C20H22N2O4. The summed E-state index contributed by atoms with van der Waals surface area (Å²) in [6, 6.07) is 17.0. The second kappa shape index (κ2) is 9.88. The van der Waals surface area contributed by atoms with E-state index in [0.717, 1.165) is 11.4 Å².